The molecule has 0 aromatic heterocycles. The topological polar surface area (TPSA) is 123 Å². The molecule has 1 aliphatic rings. The number of anilines is 1. The van der Waals surface area contributed by atoms with Gasteiger partial charge in [-0.1, -0.05) is 70.5 Å². The van der Waals surface area contributed by atoms with E-state index >= 15 is 0 Å². The first-order chi connectivity index (χ1) is 21.1. The molecule has 0 saturated heterocycles. The molecule has 3 rings (SSSR count). The molecule has 2 aromatic rings. The molecular formula is C37H52N4O4. The zero-order chi connectivity index (χ0) is 33.4. The van der Waals surface area contributed by atoms with Gasteiger partial charge in [0.1, 0.15) is 5.72 Å². The van der Waals surface area contributed by atoms with Gasteiger partial charge in [-0.3, -0.25) is 19.4 Å². The summed E-state index contributed by atoms with van der Waals surface area (Å²) < 4.78 is 6.09. The summed E-state index contributed by atoms with van der Waals surface area (Å²) >= 11 is 0. The maximum atomic E-state index is 12.9. The van der Waals surface area contributed by atoms with E-state index in [9.17, 15) is 14.4 Å². The van der Waals surface area contributed by atoms with Gasteiger partial charge in [0.2, 0.25) is 5.91 Å². The highest BCUT2D eigenvalue weighted by Gasteiger charge is 2.27. The minimum atomic E-state index is -1.06. The van der Waals surface area contributed by atoms with Gasteiger partial charge < -0.3 is 21.1 Å². The number of hydrogen-bond donors (Lipinski definition) is 3. The monoisotopic (exact) mass is 616 g/mol. The molecule has 1 heterocycles. The highest BCUT2D eigenvalue weighted by molar-refractivity contribution is 6.12. The van der Waals surface area contributed by atoms with Crippen LogP contribution in [0.2, 0.25) is 0 Å². The summed E-state index contributed by atoms with van der Waals surface area (Å²) in [6.45, 7) is 17.0. The molecule has 0 aliphatic carbocycles. The van der Waals surface area contributed by atoms with E-state index in [4.69, 9.17) is 10.5 Å². The number of allylic oxidation sites excluding steroid dienone is 1. The largest absolute Gasteiger partial charge is 0.380 e. The van der Waals surface area contributed by atoms with Crippen LogP contribution in [0.5, 0.6) is 0 Å². The zero-order valence-electron chi connectivity index (χ0n) is 28.4. The summed E-state index contributed by atoms with van der Waals surface area (Å²) in [6, 6.07) is 11.6. The van der Waals surface area contributed by atoms with E-state index in [1.54, 1.807) is 25.1 Å². The molecule has 4 N–H and O–H groups in total. The van der Waals surface area contributed by atoms with Crippen LogP contribution in [-0.4, -0.2) is 55.7 Å². The van der Waals surface area contributed by atoms with Crippen LogP contribution >= 0.6 is 0 Å². The first-order valence-electron chi connectivity index (χ1n) is 16.1. The molecular weight excluding hydrogens is 564 g/mol. The van der Waals surface area contributed by atoms with Crippen LogP contribution in [0.15, 0.2) is 47.0 Å². The van der Waals surface area contributed by atoms with Gasteiger partial charge in [0, 0.05) is 48.3 Å². The fourth-order valence-electron chi connectivity index (χ4n) is 5.36. The number of nitrogens with one attached hydrogen (secondary N) is 2. The second-order valence-electron chi connectivity index (χ2n) is 13.5. The molecule has 2 aromatic carbocycles. The fraction of sp³-hybridized carbons (Fsp3) is 0.514. The van der Waals surface area contributed by atoms with Crippen molar-refractivity contribution in [2.45, 2.75) is 86.8 Å². The molecule has 244 valence electrons. The third-order valence-corrected chi connectivity index (χ3v) is 8.19. The lowest BCUT2D eigenvalue weighted by Crippen LogP contribution is -2.49. The molecule has 0 fully saturated rings. The predicted octanol–water partition coefficient (Wildman–Crippen LogP) is 6.55. The zero-order valence-corrected chi connectivity index (χ0v) is 28.4. The maximum absolute atomic E-state index is 12.9. The molecule has 1 unspecified atom stereocenters. The number of dihydropyridines is 1. The average Bonchev–Trinajstić information content (AvgIpc) is 3.00. The number of ether oxygens (including phenoxy) is 1. The van der Waals surface area contributed by atoms with Crippen LogP contribution in [0, 0.1) is 18.3 Å². The number of Topliss-reactive ketones (excluding diaryl/α,β-unsaturated/α-hetero) is 2. The Balaban J connectivity index is 1.50. The number of benzene rings is 2. The Morgan fingerprint density at radius 1 is 1.09 bits per heavy atom. The molecule has 0 radical (unpaired) electrons. The van der Waals surface area contributed by atoms with E-state index in [0.717, 1.165) is 24.9 Å². The van der Waals surface area contributed by atoms with E-state index in [1.807, 2.05) is 33.9 Å². The number of aryl methyl sites for hydroxylation is 2. The second-order valence-corrected chi connectivity index (χ2v) is 13.5. The lowest BCUT2D eigenvalue weighted by Gasteiger charge is -2.32. The number of rotatable bonds is 16. The van der Waals surface area contributed by atoms with E-state index < -0.39 is 5.72 Å². The summed E-state index contributed by atoms with van der Waals surface area (Å²) in [6.07, 6.45) is 5.12. The van der Waals surface area contributed by atoms with Crippen LogP contribution < -0.4 is 16.4 Å². The van der Waals surface area contributed by atoms with Crippen LogP contribution in [0.1, 0.15) is 105 Å². The van der Waals surface area contributed by atoms with Crippen LogP contribution in [0.3, 0.4) is 0 Å². The van der Waals surface area contributed by atoms with Gasteiger partial charge >= 0.3 is 0 Å². The molecule has 8 heteroatoms. The Hall–Kier alpha value is -3.62. The first kappa shape index (κ1) is 35.9. The lowest BCUT2D eigenvalue weighted by molar-refractivity contribution is -0.122. The minimum absolute atomic E-state index is 0.00919. The van der Waals surface area contributed by atoms with Gasteiger partial charge in [-0.2, -0.15) is 0 Å². The summed E-state index contributed by atoms with van der Waals surface area (Å²) in [5.74, 6) is -0.546. The maximum Gasteiger partial charge on any atom is 0.220 e. The van der Waals surface area contributed by atoms with E-state index in [0.29, 0.717) is 42.8 Å². The fourth-order valence-corrected chi connectivity index (χ4v) is 5.36. The molecule has 1 aliphatic heterocycles. The van der Waals surface area contributed by atoms with Crippen LogP contribution in [0.4, 0.5) is 5.69 Å². The Morgan fingerprint density at radius 3 is 2.47 bits per heavy atom. The Kier molecular flexibility index (Phi) is 12.4. The lowest BCUT2D eigenvalue weighted by atomic mass is 9.91. The molecule has 1 amide bonds. The molecule has 0 saturated carbocycles. The van der Waals surface area contributed by atoms with Crippen molar-refractivity contribution >= 4 is 34.9 Å². The van der Waals surface area contributed by atoms with Crippen molar-refractivity contribution in [2.24, 2.45) is 22.1 Å². The summed E-state index contributed by atoms with van der Waals surface area (Å²) in [5.41, 5.74) is 12.6. The van der Waals surface area contributed by atoms with Crippen molar-refractivity contribution in [1.29, 1.82) is 0 Å². The average molecular weight is 617 g/mol. The Bertz CT molecular complexity index is 1450. The third kappa shape index (κ3) is 10.2. The van der Waals surface area contributed by atoms with Crippen molar-refractivity contribution < 1.29 is 19.1 Å². The summed E-state index contributed by atoms with van der Waals surface area (Å²) in [5, 5.41) is 6.29. The van der Waals surface area contributed by atoms with Gasteiger partial charge in [-0.05, 0) is 68.4 Å². The third-order valence-electron chi connectivity index (χ3n) is 8.19. The molecule has 1 atom stereocenters. The van der Waals surface area contributed by atoms with E-state index in [1.165, 1.54) is 29.2 Å². The van der Waals surface area contributed by atoms with Gasteiger partial charge in [0.15, 0.2) is 11.6 Å². The standard InChI is InChI=1S/C37H52N4O4/c1-9-28-17-18-39-20-31(28)29-15-13-27(19-25(29)4)14-16-33(43)41-21-36(6,7)23-45-37(8,38)22-40-32-12-10-11-30(26(5)42)34(32)35(44)24(2)3/h10-13,15,19-20,24,40H,9,14,16-18,21-23,38H2,1-8H3,(H,41,43). The first-order valence-corrected chi connectivity index (χ1v) is 16.1. The predicted molar refractivity (Wildman–Crippen MR) is 184 cm³/mol. The highest BCUT2D eigenvalue weighted by Crippen LogP contribution is 2.28. The minimum Gasteiger partial charge on any atom is -0.380 e. The molecule has 0 bridgehead atoms. The Morgan fingerprint density at radius 2 is 1.82 bits per heavy atom. The number of amides is 1. The van der Waals surface area contributed by atoms with Crippen LogP contribution in [0.25, 0.3) is 5.57 Å². The van der Waals surface area contributed by atoms with Crippen molar-refractivity contribution in [2.75, 3.05) is 31.6 Å². The number of ketones is 2. The molecule has 0 spiro atoms. The molecule has 8 nitrogen and oxygen atoms in total. The van der Waals surface area contributed by atoms with Gasteiger partial charge in [-0.25, -0.2) is 0 Å². The summed E-state index contributed by atoms with van der Waals surface area (Å²) in [7, 11) is 0. The van der Waals surface area contributed by atoms with Gasteiger partial charge in [0.25, 0.3) is 0 Å². The van der Waals surface area contributed by atoms with Crippen molar-refractivity contribution in [3.8, 4) is 0 Å². The highest BCUT2D eigenvalue weighted by atomic mass is 16.5. The number of aliphatic imine (C=N–C) groups is 1. The van der Waals surface area contributed by atoms with E-state index in [2.05, 4.69) is 47.7 Å². The number of nitrogens with two attached hydrogens (primary N) is 1. The van der Waals surface area contributed by atoms with Crippen molar-refractivity contribution in [1.82, 2.24) is 5.32 Å². The quantitative estimate of drug-likeness (QED) is 0.145. The number of nitrogens with zero attached hydrogens (tertiary/aromatic N) is 1. The SMILES string of the molecule is CCC1=C(c2ccc(CCC(=O)NCC(C)(C)COC(C)(N)CNc3cccc(C(C)=O)c3C(=O)C(C)C)cc2C)C=NCC1. The number of carbonyl (C=O) groups excluding carboxylic acids is 3. The number of carbonyl (C=O) groups is 3. The van der Waals surface area contributed by atoms with Gasteiger partial charge in [0.05, 0.1) is 18.7 Å². The molecule has 45 heavy (non-hydrogen) atoms. The van der Waals surface area contributed by atoms with Gasteiger partial charge in [-0.15, -0.1) is 0 Å². The smallest absolute Gasteiger partial charge is 0.220 e. The second kappa shape index (κ2) is 15.6. The van der Waals surface area contributed by atoms with Crippen molar-refractivity contribution in [3.05, 3.63) is 69.8 Å². The van der Waals surface area contributed by atoms with Crippen molar-refractivity contribution in [3.63, 3.8) is 0 Å². The number of hydrogen-bond acceptors (Lipinski definition) is 7. The Labute approximate surface area is 269 Å². The normalized spacial score (nSPS) is 14.8. The summed E-state index contributed by atoms with van der Waals surface area (Å²) in [4.78, 5) is 42.4. The van der Waals surface area contributed by atoms with E-state index in [-0.39, 0.29) is 35.4 Å². The van der Waals surface area contributed by atoms with Crippen LogP contribution in [-0.2, 0) is 16.0 Å².